The van der Waals surface area contributed by atoms with Gasteiger partial charge in [0.1, 0.15) is 6.10 Å². The predicted octanol–water partition coefficient (Wildman–Crippen LogP) is 2.14. The van der Waals surface area contributed by atoms with Crippen molar-refractivity contribution in [3.8, 4) is 0 Å². The summed E-state index contributed by atoms with van der Waals surface area (Å²) in [6.45, 7) is 8.67. The molecule has 3 heterocycles. The Morgan fingerprint density at radius 2 is 2.00 bits per heavy atom. The van der Waals surface area contributed by atoms with Gasteiger partial charge in [-0.05, 0) is 42.7 Å². The highest BCUT2D eigenvalue weighted by atomic mass is 19.3. The number of aromatic nitrogens is 3. The summed E-state index contributed by atoms with van der Waals surface area (Å²) in [7, 11) is 1.63. The number of hydrogen-bond donors (Lipinski definition) is 1. The Hall–Kier alpha value is -2.29. The lowest BCUT2D eigenvalue weighted by Gasteiger charge is -2.21. The average molecular weight is 449 g/mol. The van der Waals surface area contributed by atoms with Crippen LogP contribution in [0.2, 0.25) is 0 Å². The van der Waals surface area contributed by atoms with Crippen molar-refractivity contribution in [1.82, 2.24) is 19.0 Å². The average Bonchev–Trinajstić information content (AvgIpc) is 3.07. The highest BCUT2D eigenvalue weighted by molar-refractivity contribution is 5.80. The molecule has 1 amide bonds. The molecule has 5 atom stereocenters. The molecule has 9 heteroatoms. The maximum atomic E-state index is 15.2. The van der Waals surface area contributed by atoms with E-state index in [1.165, 1.54) is 16.4 Å². The highest BCUT2D eigenvalue weighted by Gasteiger charge is 2.88. The topological polar surface area (TPSA) is 80.4 Å². The maximum absolute atomic E-state index is 15.2. The van der Waals surface area contributed by atoms with Gasteiger partial charge < -0.3 is 10.0 Å². The van der Waals surface area contributed by atoms with Crippen LogP contribution in [0, 0.1) is 23.2 Å². The third kappa shape index (κ3) is 2.69. The van der Waals surface area contributed by atoms with Gasteiger partial charge in [-0.3, -0.25) is 13.9 Å². The number of rotatable bonds is 3. The zero-order chi connectivity index (χ0) is 23.4. The first-order valence-corrected chi connectivity index (χ1v) is 11.2. The molecule has 0 aromatic carbocycles. The smallest absolute Gasteiger partial charge is 0.330 e. The molecule has 2 saturated carbocycles. The quantitative estimate of drug-likeness (QED) is 0.780. The van der Waals surface area contributed by atoms with Gasteiger partial charge in [0, 0.05) is 32.6 Å². The first-order valence-electron chi connectivity index (χ1n) is 11.2. The minimum atomic E-state index is -2.90. The van der Waals surface area contributed by atoms with E-state index in [1.54, 1.807) is 23.7 Å². The molecule has 32 heavy (non-hydrogen) atoms. The van der Waals surface area contributed by atoms with Crippen molar-refractivity contribution >= 4 is 17.1 Å². The summed E-state index contributed by atoms with van der Waals surface area (Å²) < 4.78 is 33.6. The molecule has 1 saturated heterocycles. The van der Waals surface area contributed by atoms with Crippen LogP contribution in [0.1, 0.15) is 39.8 Å². The zero-order valence-corrected chi connectivity index (χ0v) is 19.1. The Morgan fingerprint density at radius 1 is 1.31 bits per heavy atom. The van der Waals surface area contributed by atoms with E-state index in [0.29, 0.717) is 29.9 Å². The van der Waals surface area contributed by atoms with Gasteiger partial charge in [0.2, 0.25) is 0 Å². The summed E-state index contributed by atoms with van der Waals surface area (Å²) in [5, 5.41) is 9.59. The second kappa shape index (κ2) is 6.40. The number of fused-ring (bicyclic) bond motifs is 4. The molecule has 5 rings (SSSR count). The fraction of sp³-hybridized carbons (Fsp3) is 0.696. The number of amides is 1. The lowest BCUT2D eigenvalue weighted by Crippen LogP contribution is -2.37. The maximum Gasteiger partial charge on any atom is 0.330 e. The Labute approximate surface area is 185 Å². The first kappa shape index (κ1) is 21.6. The normalized spacial score (nSPS) is 31.6. The van der Waals surface area contributed by atoms with Gasteiger partial charge in [-0.2, -0.15) is 0 Å². The summed E-state index contributed by atoms with van der Waals surface area (Å²) >= 11 is 0. The Balaban J connectivity index is 1.51. The summed E-state index contributed by atoms with van der Waals surface area (Å²) in [6, 6.07) is 3.41. The second-order valence-electron chi connectivity index (χ2n) is 11.1. The molecular formula is C23H30F2N4O3. The highest BCUT2D eigenvalue weighted by Crippen LogP contribution is 2.78. The van der Waals surface area contributed by atoms with Crippen LogP contribution >= 0.6 is 0 Å². The van der Waals surface area contributed by atoms with Crippen molar-refractivity contribution in [2.45, 2.75) is 58.1 Å². The lowest BCUT2D eigenvalue weighted by molar-refractivity contribution is -0.138. The van der Waals surface area contributed by atoms with Crippen LogP contribution in [-0.2, 0) is 23.8 Å². The number of aryl methyl sites for hydroxylation is 1. The molecule has 0 bridgehead atoms. The van der Waals surface area contributed by atoms with E-state index in [0.717, 1.165) is 0 Å². The van der Waals surface area contributed by atoms with Gasteiger partial charge in [-0.25, -0.2) is 18.6 Å². The van der Waals surface area contributed by atoms with E-state index >= 15 is 8.78 Å². The number of likely N-dealkylation sites (tertiary alicyclic amines) is 1. The third-order valence-corrected chi connectivity index (χ3v) is 7.68. The molecule has 3 aliphatic rings. The van der Waals surface area contributed by atoms with Gasteiger partial charge in [-0.15, -0.1) is 0 Å². The van der Waals surface area contributed by atoms with Crippen molar-refractivity contribution in [2.24, 2.45) is 30.2 Å². The van der Waals surface area contributed by atoms with Crippen molar-refractivity contribution in [1.29, 1.82) is 0 Å². The fourth-order valence-electron chi connectivity index (χ4n) is 6.31. The molecule has 1 N–H and O–H groups in total. The first-order chi connectivity index (χ1) is 14.8. The molecule has 7 nitrogen and oxygen atoms in total. The number of halogens is 2. The summed E-state index contributed by atoms with van der Waals surface area (Å²) in [5.74, 6) is -4.51. The molecule has 4 unspecified atom stereocenters. The number of imidazole rings is 1. The Morgan fingerprint density at radius 3 is 2.62 bits per heavy atom. The van der Waals surface area contributed by atoms with Crippen LogP contribution in [-0.4, -0.2) is 55.1 Å². The van der Waals surface area contributed by atoms with Crippen LogP contribution in [0.25, 0.3) is 11.2 Å². The van der Waals surface area contributed by atoms with Gasteiger partial charge in [0.05, 0.1) is 16.6 Å². The minimum Gasteiger partial charge on any atom is -0.384 e. The predicted molar refractivity (Wildman–Crippen MR) is 114 cm³/mol. The van der Waals surface area contributed by atoms with E-state index in [9.17, 15) is 14.7 Å². The number of carbonyl (C=O) groups is 1. The second-order valence-corrected chi connectivity index (χ2v) is 11.1. The van der Waals surface area contributed by atoms with Gasteiger partial charge in [0.25, 0.3) is 11.8 Å². The van der Waals surface area contributed by atoms with Gasteiger partial charge in [-0.1, -0.05) is 20.8 Å². The fourth-order valence-corrected chi connectivity index (χ4v) is 6.31. The Kier molecular flexibility index (Phi) is 4.31. The summed E-state index contributed by atoms with van der Waals surface area (Å²) in [5.41, 5.74) is -0.241. The molecule has 174 valence electrons. The standard InChI is InChI=1S/C23H30F2N4O3/c1-12(30)19(31)28-9-13-8-22(17(14(13)10-28)23(22,24)25)16-7-6-15-18(26-16)27(5)20(32)29(15)11-21(2,3)4/h6-7,12-14,17,30H,8-11H2,1-5H3/t12-,13?,14?,17?,22?/m1/s1. The molecule has 2 aromatic heterocycles. The van der Waals surface area contributed by atoms with E-state index in [-0.39, 0.29) is 35.9 Å². The van der Waals surface area contributed by atoms with Crippen LogP contribution in [0.4, 0.5) is 8.78 Å². The molecule has 2 aromatic rings. The van der Waals surface area contributed by atoms with Crippen LogP contribution < -0.4 is 5.69 Å². The van der Waals surface area contributed by atoms with Crippen molar-refractivity contribution in [2.75, 3.05) is 13.1 Å². The molecule has 0 radical (unpaired) electrons. The number of aliphatic hydroxyl groups is 1. The number of hydrogen-bond acceptors (Lipinski definition) is 4. The van der Waals surface area contributed by atoms with Gasteiger partial charge in [0.15, 0.2) is 5.65 Å². The number of alkyl halides is 2. The largest absolute Gasteiger partial charge is 0.384 e. The van der Waals surface area contributed by atoms with E-state index in [4.69, 9.17) is 0 Å². The lowest BCUT2D eigenvalue weighted by atomic mass is 9.91. The van der Waals surface area contributed by atoms with Crippen molar-refractivity contribution in [3.63, 3.8) is 0 Å². The summed E-state index contributed by atoms with van der Waals surface area (Å²) in [4.78, 5) is 31.1. The van der Waals surface area contributed by atoms with E-state index in [2.05, 4.69) is 4.98 Å². The number of carbonyl (C=O) groups excluding carboxylic acids is 1. The SMILES string of the molecule is C[C@@H](O)C(=O)N1CC2CC3(c4ccc5c(n4)n(C)c(=O)n5CC(C)(C)C)C(C2C1)C3(F)F. The van der Waals surface area contributed by atoms with Crippen molar-refractivity contribution in [3.05, 3.63) is 28.3 Å². The number of aliphatic hydroxyl groups excluding tert-OH is 1. The molecular weight excluding hydrogens is 418 g/mol. The third-order valence-electron chi connectivity index (χ3n) is 7.68. The molecule has 2 aliphatic carbocycles. The molecule has 1 aliphatic heterocycles. The summed E-state index contributed by atoms with van der Waals surface area (Å²) in [6.07, 6.45) is -0.866. The van der Waals surface area contributed by atoms with E-state index < -0.39 is 29.3 Å². The number of nitrogens with zero attached hydrogens (tertiary/aromatic N) is 4. The monoisotopic (exact) mass is 448 g/mol. The van der Waals surface area contributed by atoms with Crippen LogP contribution in [0.3, 0.4) is 0 Å². The van der Waals surface area contributed by atoms with Crippen LogP contribution in [0.5, 0.6) is 0 Å². The van der Waals surface area contributed by atoms with E-state index in [1.807, 2.05) is 20.8 Å². The molecule has 3 fully saturated rings. The Bertz CT molecular complexity index is 1180. The van der Waals surface area contributed by atoms with Crippen LogP contribution in [0.15, 0.2) is 16.9 Å². The minimum absolute atomic E-state index is 0.0332. The zero-order valence-electron chi connectivity index (χ0n) is 19.1. The molecule has 0 spiro atoms. The van der Waals surface area contributed by atoms with Crippen molar-refractivity contribution < 1.29 is 18.7 Å². The van der Waals surface area contributed by atoms with Gasteiger partial charge >= 0.3 is 5.69 Å². The number of pyridine rings is 1.